The fraction of sp³-hybridized carbons (Fsp3) is 0.192. The van der Waals surface area contributed by atoms with Gasteiger partial charge in [0.15, 0.2) is 0 Å². The maximum absolute atomic E-state index is 12.7. The number of hydrogen-bond donors (Lipinski definition) is 2. The van der Waals surface area contributed by atoms with Crippen molar-refractivity contribution in [2.75, 3.05) is 19.0 Å². The Morgan fingerprint density at radius 2 is 1.62 bits per heavy atom. The van der Waals surface area contributed by atoms with Gasteiger partial charge in [0.2, 0.25) is 0 Å². The molecular weight excluding hydrogens is 500 g/mol. The number of halogens is 1. The highest BCUT2D eigenvalue weighted by atomic mass is 79.9. The molecule has 8 heteroatoms. The zero-order chi connectivity index (χ0) is 24.4. The average Bonchev–Trinajstić information content (AvgIpc) is 3.14. The Balaban J connectivity index is 1.46. The first-order valence-electron chi connectivity index (χ1n) is 10.7. The Labute approximate surface area is 205 Å². The van der Waals surface area contributed by atoms with Crippen molar-refractivity contribution in [3.8, 4) is 11.1 Å². The van der Waals surface area contributed by atoms with Crippen molar-refractivity contribution < 1.29 is 24.2 Å². The monoisotopic (exact) mass is 522 g/mol. The van der Waals surface area contributed by atoms with E-state index >= 15 is 0 Å². The molecule has 1 aliphatic rings. The van der Waals surface area contributed by atoms with Crippen LogP contribution in [0.25, 0.3) is 11.1 Å². The van der Waals surface area contributed by atoms with Gasteiger partial charge in [-0.05, 0) is 47.4 Å². The normalized spacial score (nSPS) is 12.9. The molecule has 0 saturated carbocycles. The van der Waals surface area contributed by atoms with Gasteiger partial charge in [-0.3, -0.25) is 10.1 Å². The van der Waals surface area contributed by atoms with E-state index in [2.05, 4.69) is 33.4 Å². The highest BCUT2D eigenvalue weighted by molar-refractivity contribution is 9.10. The molecule has 1 unspecified atom stereocenters. The minimum atomic E-state index is -1.11. The summed E-state index contributed by atoms with van der Waals surface area (Å²) in [6.07, 6.45) is -0.648. The molecule has 3 aromatic rings. The smallest absolute Gasteiger partial charge is 0.411 e. The second kappa shape index (κ2) is 9.69. The third kappa shape index (κ3) is 4.68. The Hall–Kier alpha value is -3.65. The molecule has 3 aromatic carbocycles. The molecule has 34 heavy (non-hydrogen) atoms. The maximum Gasteiger partial charge on any atom is 0.411 e. The summed E-state index contributed by atoms with van der Waals surface area (Å²) in [7, 11) is 1.42. The second-order valence-electron chi connectivity index (χ2n) is 8.11. The predicted octanol–water partition coefficient (Wildman–Crippen LogP) is 5.36. The predicted molar refractivity (Wildman–Crippen MR) is 132 cm³/mol. The number of carbonyl (C=O) groups excluding carboxylic acids is 2. The number of rotatable bonds is 6. The lowest BCUT2D eigenvalue weighted by Crippen LogP contribution is -2.40. The van der Waals surface area contributed by atoms with Gasteiger partial charge in [0, 0.05) is 28.7 Å². The number of nitrogens with zero attached hydrogens (tertiary/aromatic N) is 1. The topological polar surface area (TPSA) is 95.9 Å². The summed E-state index contributed by atoms with van der Waals surface area (Å²) in [5.74, 6) is -1.65. The van der Waals surface area contributed by atoms with E-state index in [1.54, 1.807) is 12.1 Å². The van der Waals surface area contributed by atoms with Crippen LogP contribution in [-0.2, 0) is 9.53 Å². The minimum Gasteiger partial charge on any atom is -0.480 e. The summed E-state index contributed by atoms with van der Waals surface area (Å²) in [4.78, 5) is 37.6. The number of amides is 2. The van der Waals surface area contributed by atoms with Crippen LogP contribution < -0.4 is 5.32 Å². The van der Waals surface area contributed by atoms with Gasteiger partial charge in [-0.15, -0.1) is 0 Å². The molecule has 0 fully saturated rings. The van der Waals surface area contributed by atoms with E-state index in [0.29, 0.717) is 10.2 Å². The summed E-state index contributed by atoms with van der Waals surface area (Å²) in [5, 5.41) is 11.8. The van der Waals surface area contributed by atoms with E-state index in [0.717, 1.165) is 27.2 Å². The van der Waals surface area contributed by atoms with Crippen LogP contribution in [-0.4, -0.2) is 47.7 Å². The molecule has 2 amide bonds. The number of ether oxygens (including phenoxy) is 1. The van der Waals surface area contributed by atoms with Crippen molar-refractivity contribution in [2.45, 2.75) is 18.9 Å². The van der Waals surface area contributed by atoms with Crippen LogP contribution >= 0.6 is 15.9 Å². The van der Waals surface area contributed by atoms with Crippen molar-refractivity contribution in [3.63, 3.8) is 0 Å². The van der Waals surface area contributed by atoms with Crippen LogP contribution in [0.1, 0.15) is 34.3 Å². The third-order valence-corrected chi connectivity index (χ3v) is 6.45. The molecule has 0 bridgehead atoms. The van der Waals surface area contributed by atoms with Gasteiger partial charge in [0.25, 0.3) is 5.91 Å². The lowest BCUT2D eigenvalue weighted by molar-refractivity contribution is -0.141. The standard InChI is InChI=1S/C26H23BrN2O5/c1-15(25(31)32)29(2)24(30)16-11-17(27)13-18(12-16)28-26(33)34-14-23-21-9-5-3-7-19(21)20-8-4-6-10-22(20)23/h3-13,15,23H,14H2,1-2H3,(H,28,33)(H,31,32). The minimum absolute atomic E-state index is 0.0658. The summed E-state index contributed by atoms with van der Waals surface area (Å²) in [5.41, 5.74) is 5.10. The summed E-state index contributed by atoms with van der Waals surface area (Å²) in [6.45, 7) is 1.59. The fourth-order valence-electron chi connectivity index (χ4n) is 4.08. The maximum atomic E-state index is 12.7. The van der Waals surface area contributed by atoms with Crippen LogP contribution in [0.5, 0.6) is 0 Å². The molecule has 7 nitrogen and oxygen atoms in total. The van der Waals surface area contributed by atoms with Gasteiger partial charge in [0.05, 0.1) is 0 Å². The Morgan fingerprint density at radius 1 is 1.03 bits per heavy atom. The average molecular weight is 523 g/mol. The second-order valence-corrected chi connectivity index (χ2v) is 9.03. The number of carbonyl (C=O) groups is 3. The number of carboxylic acid groups (broad SMARTS) is 1. The molecular formula is C26H23BrN2O5. The summed E-state index contributed by atoms with van der Waals surface area (Å²) in [6, 6.07) is 19.8. The highest BCUT2D eigenvalue weighted by Gasteiger charge is 2.29. The molecule has 0 radical (unpaired) electrons. The van der Waals surface area contributed by atoms with Crippen molar-refractivity contribution in [1.29, 1.82) is 0 Å². The van der Waals surface area contributed by atoms with Crippen LogP contribution in [0.15, 0.2) is 71.2 Å². The first kappa shape index (κ1) is 23.5. The number of carboxylic acids is 1. The van der Waals surface area contributed by atoms with Crippen LogP contribution in [0, 0.1) is 0 Å². The largest absolute Gasteiger partial charge is 0.480 e. The fourth-order valence-corrected chi connectivity index (χ4v) is 4.58. The van der Waals surface area contributed by atoms with Crippen LogP contribution in [0.3, 0.4) is 0 Å². The molecule has 0 aromatic heterocycles. The number of benzene rings is 3. The number of likely N-dealkylation sites (N-methyl/N-ethyl adjacent to an activating group) is 1. The number of hydrogen-bond acceptors (Lipinski definition) is 4. The highest BCUT2D eigenvalue weighted by Crippen LogP contribution is 2.44. The Kier molecular flexibility index (Phi) is 6.70. The van der Waals surface area contributed by atoms with E-state index in [4.69, 9.17) is 4.74 Å². The van der Waals surface area contributed by atoms with Gasteiger partial charge in [-0.25, -0.2) is 9.59 Å². The van der Waals surface area contributed by atoms with E-state index in [-0.39, 0.29) is 18.1 Å². The van der Waals surface area contributed by atoms with Gasteiger partial charge >= 0.3 is 12.1 Å². The van der Waals surface area contributed by atoms with Gasteiger partial charge in [0.1, 0.15) is 12.6 Å². The molecule has 174 valence electrons. The summed E-state index contributed by atoms with van der Waals surface area (Å²) < 4.78 is 6.12. The zero-order valence-electron chi connectivity index (χ0n) is 18.6. The lowest BCUT2D eigenvalue weighted by atomic mass is 9.98. The van der Waals surface area contributed by atoms with Crippen molar-refractivity contribution in [3.05, 3.63) is 87.9 Å². The first-order valence-corrected chi connectivity index (χ1v) is 11.5. The van der Waals surface area contributed by atoms with E-state index in [1.165, 1.54) is 20.0 Å². The molecule has 0 saturated heterocycles. The number of anilines is 1. The molecule has 0 spiro atoms. The molecule has 1 aliphatic carbocycles. The number of nitrogens with one attached hydrogen (secondary N) is 1. The Morgan fingerprint density at radius 3 is 2.21 bits per heavy atom. The Bertz CT molecular complexity index is 1230. The van der Waals surface area contributed by atoms with Crippen molar-refractivity contribution in [1.82, 2.24) is 4.90 Å². The number of aliphatic carboxylic acids is 1. The van der Waals surface area contributed by atoms with E-state index in [1.807, 2.05) is 36.4 Å². The molecule has 0 aliphatic heterocycles. The van der Waals surface area contributed by atoms with Crippen LogP contribution in [0.4, 0.5) is 10.5 Å². The SMILES string of the molecule is CC(C(=O)O)N(C)C(=O)c1cc(Br)cc(NC(=O)OCC2c3ccccc3-c3ccccc32)c1. The lowest BCUT2D eigenvalue weighted by Gasteiger charge is -2.22. The number of fused-ring (bicyclic) bond motifs is 3. The van der Waals surface area contributed by atoms with Crippen molar-refractivity contribution >= 4 is 39.6 Å². The molecule has 4 rings (SSSR count). The van der Waals surface area contributed by atoms with Gasteiger partial charge in [-0.1, -0.05) is 64.5 Å². The quantitative estimate of drug-likeness (QED) is 0.454. The van der Waals surface area contributed by atoms with Crippen molar-refractivity contribution in [2.24, 2.45) is 0 Å². The van der Waals surface area contributed by atoms with Gasteiger partial charge in [-0.2, -0.15) is 0 Å². The zero-order valence-corrected chi connectivity index (χ0v) is 20.2. The molecule has 1 atom stereocenters. The van der Waals surface area contributed by atoms with E-state index in [9.17, 15) is 19.5 Å². The molecule has 0 heterocycles. The summed E-state index contributed by atoms with van der Waals surface area (Å²) >= 11 is 3.34. The first-order chi connectivity index (χ1) is 16.3. The van der Waals surface area contributed by atoms with E-state index < -0.39 is 24.0 Å². The van der Waals surface area contributed by atoms with Gasteiger partial charge < -0.3 is 14.7 Å². The van der Waals surface area contributed by atoms with Crippen LogP contribution in [0.2, 0.25) is 0 Å². The molecule has 2 N–H and O–H groups in total. The third-order valence-electron chi connectivity index (χ3n) is 5.99.